The van der Waals surface area contributed by atoms with Gasteiger partial charge in [0.2, 0.25) is 5.82 Å². The highest BCUT2D eigenvalue weighted by Gasteiger charge is 2.35. The molecule has 0 fully saturated rings. The molecule has 23 heavy (non-hydrogen) atoms. The zero-order chi connectivity index (χ0) is 16.4. The van der Waals surface area contributed by atoms with Gasteiger partial charge in [0.15, 0.2) is 0 Å². The molecule has 0 spiro atoms. The molecule has 0 aliphatic carbocycles. The van der Waals surface area contributed by atoms with Crippen LogP contribution in [0.25, 0.3) is 10.9 Å². The highest BCUT2D eigenvalue weighted by molar-refractivity contribution is 6.34. The second kappa shape index (κ2) is 6.04. The van der Waals surface area contributed by atoms with Crippen LogP contribution in [0.4, 0.5) is 13.2 Å². The zero-order valence-corrected chi connectivity index (χ0v) is 12.4. The fourth-order valence-electron chi connectivity index (χ4n) is 2.09. The molecular formula is C16H10ClF3N2O. The van der Waals surface area contributed by atoms with E-state index in [1.807, 2.05) is 30.3 Å². The summed E-state index contributed by atoms with van der Waals surface area (Å²) in [7, 11) is 0. The molecule has 0 saturated carbocycles. The number of ether oxygens (including phenoxy) is 1. The lowest BCUT2D eigenvalue weighted by molar-refractivity contribution is -0.144. The largest absolute Gasteiger partial charge is 0.488 e. The third-order valence-corrected chi connectivity index (χ3v) is 3.41. The smallest absolute Gasteiger partial charge is 0.451 e. The van der Waals surface area contributed by atoms with E-state index in [1.54, 1.807) is 12.1 Å². The molecule has 3 rings (SSSR count). The molecule has 0 saturated heterocycles. The van der Waals surface area contributed by atoms with Gasteiger partial charge in [-0.2, -0.15) is 13.2 Å². The van der Waals surface area contributed by atoms with Crippen LogP contribution in [0.2, 0.25) is 5.15 Å². The van der Waals surface area contributed by atoms with Crippen molar-refractivity contribution < 1.29 is 17.9 Å². The summed E-state index contributed by atoms with van der Waals surface area (Å²) in [6.07, 6.45) is -4.65. The average molecular weight is 339 g/mol. The molecule has 7 heteroatoms. The van der Waals surface area contributed by atoms with Gasteiger partial charge in [-0.05, 0) is 17.7 Å². The maximum atomic E-state index is 12.8. The lowest BCUT2D eigenvalue weighted by atomic mass is 10.2. The van der Waals surface area contributed by atoms with Crippen molar-refractivity contribution in [2.24, 2.45) is 0 Å². The summed E-state index contributed by atoms with van der Waals surface area (Å²) in [4.78, 5) is 6.86. The predicted molar refractivity (Wildman–Crippen MR) is 80.3 cm³/mol. The molecule has 1 aromatic heterocycles. The Bertz CT molecular complexity index is 838. The van der Waals surface area contributed by atoms with Crippen molar-refractivity contribution >= 4 is 22.5 Å². The molecule has 0 radical (unpaired) electrons. The van der Waals surface area contributed by atoms with Crippen LogP contribution < -0.4 is 4.74 Å². The predicted octanol–water partition coefficient (Wildman–Crippen LogP) is 4.88. The number of hydrogen-bond acceptors (Lipinski definition) is 3. The van der Waals surface area contributed by atoms with E-state index in [2.05, 4.69) is 9.97 Å². The van der Waals surface area contributed by atoms with Crippen LogP contribution in [-0.4, -0.2) is 9.97 Å². The summed E-state index contributed by atoms with van der Waals surface area (Å²) in [5, 5.41) is -0.0240. The van der Waals surface area contributed by atoms with E-state index in [0.29, 0.717) is 5.75 Å². The van der Waals surface area contributed by atoms with Gasteiger partial charge in [0.05, 0.1) is 10.9 Å². The monoisotopic (exact) mass is 338 g/mol. The Balaban J connectivity index is 1.98. The molecule has 3 nitrogen and oxygen atoms in total. The van der Waals surface area contributed by atoms with Crippen LogP contribution >= 0.6 is 11.6 Å². The zero-order valence-electron chi connectivity index (χ0n) is 11.6. The number of halogens is 4. The molecule has 0 amide bonds. The molecule has 0 aliphatic heterocycles. The van der Waals surface area contributed by atoms with Crippen LogP contribution in [0.15, 0.2) is 48.5 Å². The molecular weight excluding hydrogens is 329 g/mol. The topological polar surface area (TPSA) is 35.0 Å². The Hall–Kier alpha value is -2.34. The van der Waals surface area contributed by atoms with Crippen LogP contribution in [0.5, 0.6) is 5.75 Å². The summed E-state index contributed by atoms with van der Waals surface area (Å²) < 4.78 is 43.9. The maximum Gasteiger partial charge on any atom is 0.451 e. The van der Waals surface area contributed by atoms with Gasteiger partial charge >= 0.3 is 6.18 Å². The molecule has 0 unspecified atom stereocenters. The van der Waals surface area contributed by atoms with Gasteiger partial charge in [-0.1, -0.05) is 48.0 Å². The molecule has 0 aliphatic rings. The first kappa shape index (κ1) is 15.6. The summed E-state index contributed by atoms with van der Waals surface area (Å²) in [5.74, 6) is -0.930. The van der Waals surface area contributed by atoms with Crippen molar-refractivity contribution in [3.63, 3.8) is 0 Å². The van der Waals surface area contributed by atoms with E-state index < -0.39 is 12.0 Å². The SMILES string of the molecule is FC(F)(F)c1nc(Cl)c2c(OCc3ccccc3)cccc2n1. The third-order valence-electron chi connectivity index (χ3n) is 3.13. The first-order valence-corrected chi connectivity index (χ1v) is 7.03. The number of aromatic nitrogens is 2. The number of fused-ring (bicyclic) bond motifs is 1. The van der Waals surface area contributed by atoms with Gasteiger partial charge in [0, 0.05) is 0 Å². The van der Waals surface area contributed by atoms with Gasteiger partial charge in [0.1, 0.15) is 17.5 Å². The van der Waals surface area contributed by atoms with E-state index in [-0.39, 0.29) is 22.7 Å². The number of alkyl halides is 3. The van der Waals surface area contributed by atoms with E-state index >= 15 is 0 Å². The van der Waals surface area contributed by atoms with E-state index in [1.165, 1.54) is 6.07 Å². The molecule has 2 aromatic carbocycles. The second-order valence-corrected chi connectivity index (χ2v) is 5.12. The number of rotatable bonds is 3. The molecule has 1 heterocycles. The summed E-state index contributed by atoms with van der Waals surface area (Å²) >= 11 is 5.92. The van der Waals surface area contributed by atoms with Crippen molar-refractivity contribution in [2.45, 2.75) is 12.8 Å². The molecule has 3 aromatic rings. The number of benzene rings is 2. The van der Waals surface area contributed by atoms with Crippen LogP contribution in [0, 0.1) is 0 Å². The number of hydrogen-bond donors (Lipinski definition) is 0. The minimum atomic E-state index is -4.65. The molecule has 0 atom stereocenters. The summed E-state index contributed by atoms with van der Waals surface area (Å²) in [5.41, 5.74) is 1.01. The number of nitrogens with zero attached hydrogens (tertiary/aromatic N) is 2. The van der Waals surface area contributed by atoms with Gasteiger partial charge < -0.3 is 4.74 Å². The molecule has 118 valence electrons. The Morgan fingerprint density at radius 3 is 2.39 bits per heavy atom. The molecule has 0 bridgehead atoms. The van der Waals surface area contributed by atoms with Gasteiger partial charge in [-0.3, -0.25) is 0 Å². The van der Waals surface area contributed by atoms with Crippen molar-refractivity contribution in [3.8, 4) is 5.75 Å². The fraction of sp³-hybridized carbons (Fsp3) is 0.125. The van der Waals surface area contributed by atoms with Gasteiger partial charge in [-0.15, -0.1) is 0 Å². The lowest BCUT2D eigenvalue weighted by Gasteiger charge is -2.12. The van der Waals surface area contributed by atoms with E-state index in [0.717, 1.165) is 5.56 Å². The second-order valence-electron chi connectivity index (χ2n) is 4.76. The van der Waals surface area contributed by atoms with Crippen LogP contribution in [0.3, 0.4) is 0 Å². The lowest BCUT2D eigenvalue weighted by Crippen LogP contribution is -2.11. The van der Waals surface area contributed by atoms with Crippen LogP contribution in [0.1, 0.15) is 11.4 Å². The van der Waals surface area contributed by atoms with E-state index in [4.69, 9.17) is 16.3 Å². The fourth-order valence-corrected chi connectivity index (χ4v) is 2.36. The highest BCUT2D eigenvalue weighted by atomic mass is 35.5. The Labute approximate surface area is 134 Å². The highest BCUT2D eigenvalue weighted by Crippen LogP contribution is 2.34. The Morgan fingerprint density at radius 2 is 1.70 bits per heavy atom. The average Bonchev–Trinajstić information content (AvgIpc) is 2.52. The minimum Gasteiger partial charge on any atom is -0.488 e. The Kier molecular flexibility index (Phi) is 4.09. The summed E-state index contributed by atoms with van der Waals surface area (Å²) in [6, 6.07) is 14.0. The van der Waals surface area contributed by atoms with Crippen LogP contribution in [-0.2, 0) is 12.8 Å². The molecule has 0 N–H and O–H groups in total. The third kappa shape index (κ3) is 3.37. The van der Waals surface area contributed by atoms with E-state index in [9.17, 15) is 13.2 Å². The Morgan fingerprint density at radius 1 is 0.957 bits per heavy atom. The summed E-state index contributed by atoms with van der Waals surface area (Å²) in [6.45, 7) is 0.261. The van der Waals surface area contributed by atoms with Crippen molar-refractivity contribution in [2.75, 3.05) is 0 Å². The first-order valence-electron chi connectivity index (χ1n) is 6.65. The quantitative estimate of drug-likeness (QED) is 0.638. The minimum absolute atomic E-state index is 0.0860. The van der Waals surface area contributed by atoms with Crippen molar-refractivity contribution in [3.05, 3.63) is 65.1 Å². The standard InChI is InChI=1S/C16H10ClF3N2O/c17-14-13-11(21-15(22-14)16(18,19)20)7-4-8-12(13)23-9-10-5-2-1-3-6-10/h1-8H,9H2. The maximum absolute atomic E-state index is 12.8. The van der Waals surface area contributed by atoms with Gasteiger partial charge in [0.25, 0.3) is 0 Å². The van der Waals surface area contributed by atoms with Gasteiger partial charge in [-0.25, -0.2) is 9.97 Å². The normalized spacial score (nSPS) is 11.7. The van der Waals surface area contributed by atoms with Crippen molar-refractivity contribution in [1.29, 1.82) is 0 Å². The van der Waals surface area contributed by atoms with Crippen molar-refractivity contribution in [1.82, 2.24) is 9.97 Å². The first-order chi connectivity index (χ1) is 10.9.